The standard InChI is InChI=1S/C15H21F3N2/c1-2-9-20(11-7-8-11)14(10-19)12-5-3-4-6-13(12)15(16,17)18/h3-6,11,14H,2,7-10,19H2,1H3. The van der Waals surface area contributed by atoms with Gasteiger partial charge in [-0.05, 0) is 37.4 Å². The van der Waals surface area contributed by atoms with Gasteiger partial charge in [-0.1, -0.05) is 25.1 Å². The molecule has 0 aliphatic heterocycles. The molecule has 1 aromatic rings. The van der Waals surface area contributed by atoms with E-state index in [4.69, 9.17) is 5.73 Å². The highest BCUT2D eigenvalue weighted by molar-refractivity contribution is 5.33. The molecular formula is C15H21F3N2. The highest BCUT2D eigenvalue weighted by Crippen LogP contribution is 2.39. The van der Waals surface area contributed by atoms with Crippen LogP contribution in [0.5, 0.6) is 0 Å². The van der Waals surface area contributed by atoms with Crippen LogP contribution in [0, 0.1) is 0 Å². The molecule has 0 bridgehead atoms. The Morgan fingerprint density at radius 2 is 1.95 bits per heavy atom. The Morgan fingerprint density at radius 1 is 1.30 bits per heavy atom. The molecule has 1 aromatic carbocycles. The Balaban J connectivity index is 2.35. The van der Waals surface area contributed by atoms with Crippen molar-refractivity contribution in [3.05, 3.63) is 35.4 Å². The SMILES string of the molecule is CCCN(C1CC1)C(CN)c1ccccc1C(F)(F)F. The van der Waals surface area contributed by atoms with Crippen molar-refractivity contribution in [2.24, 2.45) is 5.73 Å². The maximum Gasteiger partial charge on any atom is 0.416 e. The number of hydrogen-bond acceptors (Lipinski definition) is 2. The van der Waals surface area contributed by atoms with Gasteiger partial charge in [-0.3, -0.25) is 4.90 Å². The Bertz CT molecular complexity index is 441. The summed E-state index contributed by atoms with van der Waals surface area (Å²) in [5.74, 6) is 0. The smallest absolute Gasteiger partial charge is 0.329 e. The van der Waals surface area contributed by atoms with E-state index in [9.17, 15) is 13.2 Å². The average molecular weight is 286 g/mol. The highest BCUT2D eigenvalue weighted by atomic mass is 19.4. The van der Waals surface area contributed by atoms with Gasteiger partial charge in [0.05, 0.1) is 5.56 Å². The van der Waals surface area contributed by atoms with Crippen LogP contribution in [0.4, 0.5) is 13.2 Å². The van der Waals surface area contributed by atoms with Gasteiger partial charge in [-0.2, -0.15) is 13.2 Å². The maximum atomic E-state index is 13.2. The number of hydrogen-bond donors (Lipinski definition) is 1. The molecule has 2 N–H and O–H groups in total. The third-order valence-corrected chi connectivity index (χ3v) is 3.75. The van der Waals surface area contributed by atoms with Crippen LogP contribution in [0.3, 0.4) is 0 Å². The summed E-state index contributed by atoms with van der Waals surface area (Å²) in [5, 5.41) is 0. The molecule has 0 spiro atoms. The Hall–Kier alpha value is -1.07. The van der Waals surface area contributed by atoms with Crippen molar-refractivity contribution in [2.45, 2.75) is 44.4 Å². The summed E-state index contributed by atoms with van der Waals surface area (Å²) in [7, 11) is 0. The normalized spacial score (nSPS) is 17.5. The number of halogens is 3. The first-order chi connectivity index (χ1) is 9.49. The predicted octanol–water partition coefficient (Wildman–Crippen LogP) is 3.58. The molecule has 0 saturated heterocycles. The van der Waals surface area contributed by atoms with Gasteiger partial charge in [-0.25, -0.2) is 0 Å². The van der Waals surface area contributed by atoms with E-state index in [-0.39, 0.29) is 12.6 Å². The molecule has 1 fully saturated rings. The summed E-state index contributed by atoms with van der Waals surface area (Å²) in [4.78, 5) is 2.14. The summed E-state index contributed by atoms with van der Waals surface area (Å²) >= 11 is 0. The first-order valence-electron chi connectivity index (χ1n) is 7.11. The maximum absolute atomic E-state index is 13.2. The molecule has 20 heavy (non-hydrogen) atoms. The van der Waals surface area contributed by atoms with Crippen molar-refractivity contribution < 1.29 is 13.2 Å². The minimum absolute atomic E-state index is 0.212. The van der Waals surface area contributed by atoms with Gasteiger partial charge in [-0.15, -0.1) is 0 Å². The van der Waals surface area contributed by atoms with E-state index in [0.717, 1.165) is 31.9 Å². The van der Waals surface area contributed by atoms with E-state index in [2.05, 4.69) is 4.90 Å². The van der Waals surface area contributed by atoms with Crippen molar-refractivity contribution >= 4 is 0 Å². The van der Waals surface area contributed by atoms with Gasteiger partial charge in [0.2, 0.25) is 0 Å². The lowest BCUT2D eigenvalue weighted by molar-refractivity contribution is -0.138. The molecule has 0 aromatic heterocycles. The van der Waals surface area contributed by atoms with Crippen LogP contribution in [-0.2, 0) is 6.18 Å². The van der Waals surface area contributed by atoms with Gasteiger partial charge in [0.1, 0.15) is 0 Å². The van der Waals surface area contributed by atoms with Gasteiger partial charge >= 0.3 is 6.18 Å². The fourth-order valence-electron chi connectivity index (χ4n) is 2.74. The van der Waals surface area contributed by atoms with Crippen LogP contribution in [0.15, 0.2) is 24.3 Å². The van der Waals surface area contributed by atoms with E-state index in [0.29, 0.717) is 11.6 Å². The fourth-order valence-corrected chi connectivity index (χ4v) is 2.74. The molecule has 0 radical (unpaired) electrons. The van der Waals surface area contributed by atoms with E-state index in [1.165, 1.54) is 6.07 Å². The zero-order valence-electron chi connectivity index (χ0n) is 11.7. The molecule has 0 heterocycles. The third-order valence-electron chi connectivity index (χ3n) is 3.75. The molecule has 5 heteroatoms. The molecule has 1 aliphatic rings. The summed E-state index contributed by atoms with van der Waals surface area (Å²) < 4.78 is 39.5. The quantitative estimate of drug-likeness (QED) is 0.866. The molecular weight excluding hydrogens is 265 g/mol. The van der Waals surface area contributed by atoms with Gasteiger partial charge in [0, 0.05) is 18.6 Å². The summed E-state index contributed by atoms with van der Waals surface area (Å²) in [6, 6.07) is 5.84. The lowest BCUT2D eigenvalue weighted by Gasteiger charge is -2.32. The van der Waals surface area contributed by atoms with Crippen LogP contribution in [0.2, 0.25) is 0 Å². The number of alkyl halides is 3. The zero-order valence-corrected chi connectivity index (χ0v) is 11.7. The summed E-state index contributed by atoms with van der Waals surface area (Å²) in [5.41, 5.74) is 5.55. The predicted molar refractivity (Wildman–Crippen MR) is 73.3 cm³/mol. The van der Waals surface area contributed by atoms with Crippen LogP contribution in [0.1, 0.15) is 43.4 Å². The number of rotatable bonds is 6. The number of nitrogens with zero attached hydrogens (tertiary/aromatic N) is 1. The lowest BCUT2D eigenvalue weighted by atomic mass is 9.98. The molecule has 1 atom stereocenters. The minimum atomic E-state index is -4.33. The first kappa shape index (κ1) is 15.3. The monoisotopic (exact) mass is 286 g/mol. The molecule has 0 amide bonds. The van der Waals surface area contributed by atoms with Crippen LogP contribution >= 0.6 is 0 Å². The van der Waals surface area contributed by atoms with Crippen molar-refractivity contribution in [1.29, 1.82) is 0 Å². The fraction of sp³-hybridized carbons (Fsp3) is 0.600. The second-order valence-corrected chi connectivity index (χ2v) is 5.31. The second kappa shape index (κ2) is 6.14. The first-order valence-corrected chi connectivity index (χ1v) is 7.11. The molecule has 2 rings (SSSR count). The third kappa shape index (κ3) is 3.33. The second-order valence-electron chi connectivity index (χ2n) is 5.31. The van der Waals surface area contributed by atoms with E-state index in [1.807, 2.05) is 6.92 Å². The molecule has 2 nitrogen and oxygen atoms in total. The van der Waals surface area contributed by atoms with Crippen molar-refractivity contribution in [3.8, 4) is 0 Å². The van der Waals surface area contributed by atoms with Gasteiger partial charge in [0.15, 0.2) is 0 Å². The minimum Gasteiger partial charge on any atom is -0.329 e. The number of benzene rings is 1. The highest BCUT2D eigenvalue weighted by Gasteiger charge is 2.39. The van der Waals surface area contributed by atoms with Crippen molar-refractivity contribution in [2.75, 3.05) is 13.1 Å². The summed E-state index contributed by atoms with van der Waals surface area (Å²) in [6.45, 7) is 3.04. The van der Waals surface area contributed by atoms with Crippen molar-refractivity contribution in [3.63, 3.8) is 0 Å². The Morgan fingerprint density at radius 3 is 2.45 bits per heavy atom. The van der Waals surface area contributed by atoms with Crippen LogP contribution < -0.4 is 5.73 Å². The van der Waals surface area contributed by atoms with Gasteiger partial charge in [0.25, 0.3) is 0 Å². The number of nitrogens with two attached hydrogens (primary N) is 1. The van der Waals surface area contributed by atoms with E-state index < -0.39 is 11.7 Å². The zero-order chi connectivity index (χ0) is 14.8. The van der Waals surface area contributed by atoms with E-state index in [1.54, 1.807) is 12.1 Å². The Labute approximate surface area is 117 Å². The Kier molecular flexibility index (Phi) is 4.70. The lowest BCUT2D eigenvalue weighted by Crippen LogP contribution is -2.37. The van der Waals surface area contributed by atoms with Crippen molar-refractivity contribution in [1.82, 2.24) is 4.90 Å². The molecule has 1 saturated carbocycles. The van der Waals surface area contributed by atoms with Crippen LogP contribution in [-0.4, -0.2) is 24.0 Å². The molecule has 112 valence electrons. The van der Waals surface area contributed by atoms with Crippen LogP contribution in [0.25, 0.3) is 0 Å². The average Bonchev–Trinajstić information content (AvgIpc) is 3.22. The summed E-state index contributed by atoms with van der Waals surface area (Å²) in [6.07, 6.45) is -1.29. The van der Waals surface area contributed by atoms with E-state index >= 15 is 0 Å². The molecule has 1 aliphatic carbocycles. The molecule has 1 unspecified atom stereocenters. The van der Waals surface area contributed by atoms with Gasteiger partial charge < -0.3 is 5.73 Å². The topological polar surface area (TPSA) is 29.3 Å². The largest absolute Gasteiger partial charge is 0.416 e.